The molecule has 0 spiro atoms. The van der Waals surface area contributed by atoms with Gasteiger partial charge in [0.05, 0.1) is 22.8 Å². The maximum Gasteiger partial charge on any atom is 0.175 e. The Morgan fingerprint density at radius 1 is 1.25 bits per heavy atom. The van der Waals surface area contributed by atoms with Crippen LogP contribution in [0.15, 0.2) is 52.6 Å². The Morgan fingerprint density at radius 2 is 2.08 bits per heavy atom. The number of sulfone groups is 1. The summed E-state index contributed by atoms with van der Waals surface area (Å²) in [6.07, 6.45) is 4.73. The summed E-state index contributed by atoms with van der Waals surface area (Å²) in [7, 11) is -3.22. The van der Waals surface area contributed by atoms with E-state index in [4.69, 9.17) is 4.74 Å². The van der Waals surface area contributed by atoms with E-state index in [1.54, 1.807) is 24.4 Å². The zero-order chi connectivity index (χ0) is 17.2. The molecule has 7 heteroatoms. The zero-order valence-electron chi connectivity index (χ0n) is 13.5. The molecule has 0 bridgehead atoms. The van der Waals surface area contributed by atoms with E-state index in [9.17, 15) is 8.42 Å². The normalized spacial score (nSPS) is 19.9. The highest BCUT2D eigenvalue weighted by Crippen LogP contribution is 2.24. The highest BCUT2D eigenvalue weighted by Gasteiger charge is 2.22. The first kappa shape index (κ1) is 16.4. The molecule has 6 nitrogen and oxygen atoms in total. The number of ether oxygens (including phenoxy) is 1. The van der Waals surface area contributed by atoms with Gasteiger partial charge < -0.3 is 10.2 Å². The lowest BCUT2D eigenvalue weighted by Gasteiger charge is -2.14. The Balaban J connectivity index is 1.65. The van der Waals surface area contributed by atoms with Gasteiger partial charge in [0.15, 0.2) is 9.84 Å². The average molecular weight is 345 g/mol. The third-order valence-electron chi connectivity index (χ3n) is 3.86. The van der Waals surface area contributed by atoms with Crippen LogP contribution in [-0.4, -0.2) is 25.9 Å². The number of hydrogen-bond donors (Lipinski definition) is 1. The minimum absolute atomic E-state index is 0.0884. The summed E-state index contributed by atoms with van der Waals surface area (Å²) in [4.78, 5) is 4.71. The molecule has 2 aromatic rings. The van der Waals surface area contributed by atoms with Crippen molar-refractivity contribution in [1.29, 1.82) is 0 Å². The summed E-state index contributed by atoms with van der Waals surface area (Å²) in [6.45, 7) is 2.36. The van der Waals surface area contributed by atoms with Crippen molar-refractivity contribution in [2.24, 2.45) is 11.0 Å². The quantitative estimate of drug-likeness (QED) is 0.899. The third kappa shape index (κ3) is 3.73. The molecule has 24 heavy (non-hydrogen) atoms. The largest absolute Gasteiger partial charge is 0.487 e. The molecule has 1 N–H and O–H groups in total. The molecule has 0 saturated carbocycles. The highest BCUT2D eigenvalue weighted by molar-refractivity contribution is 7.90. The van der Waals surface area contributed by atoms with Gasteiger partial charge >= 0.3 is 0 Å². The molecule has 126 valence electrons. The molecule has 0 radical (unpaired) electrons. The lowest BCUT2D eigenvalue weighted by atomic mass is 10.0. The van der Waals surface area contributed by atoms with Crippen LogP contribution in [-0.2, 0) is 16.4 Å². The molecule has 1 aromatic carbocycles. The van der Waals surface area contributed by atoms with E-state index in [-0.39, 0.29) is 12.6 Å². The molecule has 2 heterocycles. The van der Waals surface area contributed by atoms with E-state index in [0.717, 1.165) is 11.3 Å². The van der Waals surface area contributed by atoms with Crippen molar-refractivity contribution in [3.63, 3.8) is 0 Å². The fourth-order valence-corrected chi connectivity index (χ4v) is 3.16. The van der Waals surface area contributed by atoms with Crippen LogP contribution in [0.1, 0.15) is 24.2 Å². The molecule has 0 saturated heterocycles. The number of rotatable bonds is 5. The monoisotopic (exact) mass is 345 g/mol. The molecule has 2 atom stereocenters. The predicted molar refractivity (Wildman–Crippen MR) is 91.7 cm³/mol. The topological polar surface area (TPSA) is 80.7 Å². The summed E-state index contributed by atoms with van der Waals surface area (Å²) in [6, 6.07) is 10.6. The van der Waals surface area contributed by atoms with Crippen LogP contribution < -0.4 is 10.2 Å². The van der Waals surface area contributed by atoms with Crippen molar-refractivity contribution in [1.82, 2.24) is 10.4 Å². The molecular weight excluding hydrogens is 326 g/mol. The van der Waals surface area contributed by atoms with Crippen LogP contribution >= 0.6 is 0 Å². The standard InChI is InChI=1S/C17H19N3O3S/c1-12-9-19-20-17(12)16-7-6-14(10-18-16)23-11-13-4-3-5-15(8-13)24(2,21)22/h3-10,12,17,20H,11H2,1-2H3. The summed E-state index contributed by atoms with van der Waals surface area (Å²) in [5.74, 6) is 0.929. The molecule has 1 aliphatic heterocycles. The van der Waals surface area contributed by atoms with Crippen molar-refractivity contribution in [2.75, 3.05) is 6.26 Å². The molecule has 2 unspecified atom stereocenters. The van der Waals surface area contributed by atoms with Crippen LogP contribution in [0.4, 0.5) is 0 Å². The van der Waals surface area contributed by atoms with E-state index >= 15 is 0 Å². The van der Waals surface area contributed by atoms with Gasteiger partial charge in [0, 0.05) is 18.4 Å². The van der Waals surface area contributed by atoms with Gasteiger partial charge in [0.25, 0.3) is 0 Å². The van der Waals surface area contributed by atoms with Gasteiger partial charge in [-0.25, -0.2) is 8.42 Å². The maximum atomic E-state index is 11.6. The van der Waals surface area contributed by atoms with Crippen LogP contribution in [0.3, 0.4) is 0 Å². The Labute approximate surface area is 141 Å². The molecule has 0 amide bonds. The number of hydrogen-bond acceptors (Lipinski definition) is 6. The second-order valence-corrected chi connectivity index (χ2v) is 7.89. The number of benzene rings is 1. The summed E-state index contributed by atoms with van der Waals surface area (Å²) in [5.41, 5.74) is 4.73. The number of nitrogens with one attached hydrogen (secondary N) is 1. The predicted octanol–water partition coefficient (Wildman–Crippen LogP) is 2.33. The summed E-state index contributed by atoms with van der Waals surface area (Å²) >= 11 is 0. The smallest absolute Gasteiger partial charge is 0.175 e. The number of pyridine rings is 1. The molecule has 0 aliphatic carbocycles. The first-order valence-electron chi connectivity index (χ1n) is 7.60. The zero-order valence-corrected chi connectivity index (χ0v) is 14.3. The Kier molecular flexibility index (Phi) is 4.53. The fraction of sp³-hybridized carbons (Fsp3) is 0.294. The van der Waals surface area contributed by atoms with Crippen molar-refractivity contribution in [2.45, 2.75) is 24.5 Å². The summed E-state index contributed by atoms with van der Waals surface area (Å²) in [5, 5.41) is 4.05. The second-order valence-electron chi connectivity index (χ2n) is 5.87. The average Bonchev–Trinajstić information content (AvgIpc) is 2.99. The Morgan fingerprint density at radius 3 is 2.71 bits per heavy atom. The van der Waals surface area contributed by atoms with Gasteiger partial charge in [-0.1, -0.05) is 19.1 Å². The van der Waals surface area contributed by atoms with Gasteiger partial charge in [-0.05, 0) is 29.8 Å². The van der Waals surface area contributed by atoms with Gasteiger partial charge in [-0.15, -0.1) is 0 Å². The molecule has 1 aromatic heterocycles. The first-order valence-corrected chi connectivity index (χ1v) is 9.49. The lowest BCUT2D eigenvalue weighted by Crippen LogP contribution is -2.17. The van der Waals surface area contributed by atoms with Crippen molar-refractivity contribution >= 4 is 16.1 Å². The van der Waals surface area contributed by atoms with Gasteiger partial charge in [-0.2, -0.15) is 5.10 Å². The van der Waals surface area contributed by atoms with Crippen molar-refractivity contribution < 1.29 is 13.2 Å². The number of aromatic nitrogens is 1. The van der Waals surface area contributed by atoms with Crippen molar-refractivity contribution in [3.05, 3.63) is 53.9 Å². The fourth-order valence-electron chi connectivity index (χ4n) is 2.47. The van der Waals surface area contributed by atoms with E-state index < -0.39 is 9.84 Å². The minimum atomic E-state index is -3.22. The SMILES string of the molecule is CC1C=NNC1c1ccc(OCc2cccc(S(C)(=O)=O)c2)cn1. The first-order chi connectivity index (χ1) is 11.4. The highest BCUT2D eigenvalue weighted by atomic mass is 32.2. The van der Waals surface area contributed by atoms with E-state index in [1.807, 2.05) is 24.4 Å². The number of nitrogens with zero attached hydrogens (tertiary/aromatic N) is 2. The second kappa shape index (κ2) is 6.60. The molecule has 3 rings (SSSR count). The summed E-state index contributed by atoms with van der Waals surface area (Å²) < 4.78 is 28.9. The van der Waals surface area contributed by atoms with Crippen LogP contribution in [0.25, 0.3) is 0 Å². The van der Waals surface area contributed by atoms with Gasteiger partial charge in [-0.3, -0.25) is 4.98 Å². The Bertz CT molecular complexity index is 848. The number of hydrazone groups is 1. The van der Waals surface area contributed by atoms with E-state index in [0.29, 0.717) is 16.6 Å². The van der Waals surface area contributed by atoms with E-state index in [2.05, 4.69) is 22.4 Å². The minimum Gasteiger partial charge on any atom is -0.487 e. The molecular formula is C17H19N3O3S. The molecule has 1 aliphatic rings. The van der Waals surface area contributed by atoms with Crippen LogP contribution in [0.2, 0.25) is 0 Å². The van der Waals surface area contributed by atoms with Gasteiger partial charge in [0.2, 0.25) is 0 Å². The van der Waals surface area contributed by atoms with Crippen molar-refractivity contribution in [3.8, 4) is 5.75 Å². The van der Waals surface area contributed by atoms with E-state index in [1.165, 1.54) is 6.26 Å². The van der Waals surface area contributed by atoms with Crippen LogP contribution in [0, 0.1) is 5.92 Å². The van der Waals surface area contributed by atoms with Gasteiger partial charge in [0.1, 0.15) is 12.4 Å². The maximum absolute atomic E-state index is 11.6. The Hall–Kier alpha value is -2.41. The third-order valence-corrected chi connectivity index (χ3v) is 4.97. The molecule has 0 fully saturated rings. The van der Waals surface area contributed by atoms with Crippen LogP contribution in [0.5, 0.6) is 5.75 Å². The lowest BCUT2D eigenvalue weighted by molar-refractivity contribution is 0.304.